The number of hydrogen-bond donors (Lipinski definition) is 0. The van der Waals surface area contributed by atoms with Crippen LogP contribution in [0.25, 0.3) is 0 Å². The molecule has 1 saturated heterocycles. The minimum absolute atomic E-state index is 0.218. The zero-order valence-corrected chi connectivity index (χ0v) is 8.21. The second-order valence-corrected chi connectivity index (χ2v) is 3.67. The summed E-state index contributed by atoms with van der Waals surface area (Å²) in [5.41, 5.74) is 2.46. The predicted octanol–water partition coefficient (Wildman–Crippen LogP) is 2.89. The van der Waals surface area contributed by atoms with Crippen molar-refractivity contribution in [3.8, 4) is 0 Å². The first-order valence-corrected chi connectivity index (χ1v) is 5.05. The van der Waals surface area contributed by atoms with Gasteiger partial charge in [0.25, 0.3) is 0 Å². The highest BCUT2D eigenvalue weighted by Crippen LogP contribution is 2.50. The monoisotopic (exact) mass is 197 g/mol. The van der Waals surface area contributed by atoms with Crippen LogP contribution in [0.15, 0.2) is 54.9 Å². The first kappa shape index (κ1) is 8.62. The van der Waals surface area contributed by atoms with Crippen molar-refractivity contribution in [1.29, 1.82) is 0 Å². The van der Waals surface area contributed by atoms with E-state index in [1.807, 2.05) is 30.3 Å². The van der Waals surface area contributed by atoms with E-state index in [4.69, 9.17) is 4.74 Å². The number of benzene rings is 1. The highest BCUT2D eigenvalue weighted by atomic mass is 16.6. The van der Waals surface area contributed by atoms with Gasteiger partial charge in [-0.25, -0.2) is 0 Å². The van der Waals surface area contributed by atoms with Crippen molar-refractivity contribution in [1.82, 2.24) is 4.98 Å². The lowest BCUT2D eigenvalue weighted by Crippen LogP contribution is -1.84. The SMILES string of the molecule is c1ccc([C@@H]2O[C@H]2c2ccncc2)cc1. The van der Waals surface area contributed by atoms with Crippen molar-refractivity contribution in [2.24, 2.45) is 0 Å². The van der Waals surface area contributed by atoms with Gasteiger partial charge < -0.3 is 4.74 Å². The average molecular weight is 197 g/mol. The number of pyridine rings is 1. The summed E-state index contributed by atoms with van der Waals surface area (Å²) in [4.78, 5) is 4.00. The number of rotatable bonds is 2. The van der Waals surface area contributed by atoms with Crippen LogP contribution in [0, 0.1) is 0 Å². The van der Waals surface area contributed by atoms with Crippen molar-refractivity contribution in [3.05, 3.63) is 66.0 Å². The van der Waals surface area contributed by atoms with Crippen molar-refractivity contribution in [3.63, 3.8) is 0 Å². The summed E-state index contributed by atoms with van der Waals surface area (Å²) in [6.07, 6.45) is 4.06. The quantitative estimate of drug-likeness (QED) is 0.692. The highest BCUT2D eigenvalue weighted by molar-refractivity contribution is 5.28. The Labute approximate surface area is 88.5 Å². The minimum atomic E-state index is 0.218. The molecule has 1 fully saturated rings. The van der Waals surface area contributed by atoms with E-state index >= 15 is 0 Å². The van der Waals surface area contributed by atoms with E-state index < -0.39 is 0 Å². The summed E-state index contributed by atoms with van der Waals surface area (Å²) in [7, 11) is 0. The van der Waals surface area contributed by atoms with Crippen molar-refractivity contribution in [2.45, 2.75) is 12.2 Å². The molecule has 1 aromatic carbocycles. The molecule has 3 rings (SSSR count). The zero-order chi connectivity index (χ0) is 10.1. The van der Waals surface area contributed by atoms with Crippen LogP contribution in [0.1, 0.15) is 23.3 Å². The fourth-order valence-corrected chi connectivity index (χ4v) is 1.82. The molecule has 2 heterocycles. The Balaban J connectivity index is 1.81. The van der Waals surface area contributed by atoms with Crippen LogP contribution < -0.4 is 0 Å². The number of epoxide rings is 1. The smallest absolute Gasteiger partial charge is 0.114 e. The molecule has 74 valence electrons. The molecule has 0 bridgehead atoms. The zero-order valence-electron chi connectivity index (χ0n) is 8.21. The van der Waals surface area contributed by atoms with Gasteiger partial charge in [0.2, 0.25) is 0 Å². The van der Waals surface area contributed by atoms with Crippen LogP contribution in [-0.4, -0.2) is 4.98 Å². The Bertz CT molecular complexity index is 397. The molecule has 0 aliphatic carbocycles. The summed E-state index contributed by atoms with van der Waals surface area (Å²) < 4.78 is 5.66. The standard InChI is InChI=1S/C13H11NO/c1-2-4-10(5-3-1)12-13(15-12)11-6-8-14-9-7-11/h1-9,12-13H/t12-,13-/m0/s1. The summed E-state index contributed by atoms with van der Waals surface area (Å²) in [6.45, 7) is 0. The summed E-state index contributed by atoms with van der Waals surface area (Å²) in [6, 6.07) is 14.3. The van der Waals surface area contributed by atoms with Gasteiger partial charge in [0.15, 0.2) is 0 Å². The number of aromatic nitrogens is 1. The lowest BCUT2D eigenvalue weighted by atomic mass is 10.1. The Hall–Kier alpha value is -1.67. The molecular weight excluding hydrogens is 186 g/mol. The molecule has 1 aliphatic heterocycles. The topological polar surface area (TPSA) is 25.4 Å². The Morgan fingerprint density at radius 1 is 0.800 bits per heavy atom. The minimum Gasteiger partial charge on any atom is -0.359 e. The van der Waals surface area contributed by atoms with Gasteiger partial charge in [-0.1, -0.05) is 30.3 Å². The summed E-state index contributed by atoms with van der Waals surface area (Å²) in [5, 5.41) is 0. The second-order valence-electron chi connectivity index (χ2n) is 3.67. The fraction of sp³-hybridized carbons (Fsp3) is 0.154. The van der Waals surface area contributed by atoms with Crippen molar-refractivity contribution < 1.29 is 4.74 Å². The van der Waals surface area contributed by atoms with Gasteiger partial charge in [0.05, 0.1) is 0 Å². The third-order valence-electron chi connectivity index (χ3n) is 2.65. The Morgan fingerprint density at radius 3 is 2.07 bits per heavy atom. The number of hydrogen-bond acceptors (Lipinski definition) is 2. The molecule has 0 saturated carbocycles. The molecule has 1 aliphatic rings. The predicted molar refractivity (Wildman–Crippen MR) is 57.2 cm³/mol. The van der Waals surface area contributed by atoms with Crippen LogP contribution in [0.4, 0.5) is 0 Å². The van der Waals surface area contributed by atoms with E-state index in [0.29, 0.717) is 0 Å². The van der Waals surface area contributed by atoms with Crippen LogP contribution in [0.2, 0.25) is 0 Å². The molecule has 1 aromatic heterocycles. The van der Waals surface area contributed by atoms with Gasteiger partial charge in [-0.3, -0.25) is 4.98 Å². The first-order valence-electron chi connectivity index (χ1n) is 5.05. The maximum absolute atomic E-state index is 5.66. The number of ether oxygens (including phenoxy) is 1. The van der Waals surface area contributed by atoms with Gasteiger partial charge in [-0.05, 0) is 23.3 Å². The Morgan fingerprint density at radius 2 is 1.40 bits per heavy atom. The summed E-state index contributed by atoms with van der Waals surface area (Å²) in [5.74, 6) is 0. The summed E-state index contributed by atoms with van der Waals surface area (Å²) >= 11 is 0. The average Bonchev–Trinajstić information content (AvgIpc) is 3.11. The van der Waals surface area contributed by atoms with Crippen LogP contribution in [0.3, 0.4) is 0 Å². The van der Waals surface area contributed by atoms with Gasteiger partial charge in [0.1, 0.15) is 12.2 Å². The third kappa shape index (κ3) is 1.64. The second kappa shape index (κ2) is 3.48. The van der Waals surface area contributed by atoms with Gasteiger partial charge in [-0.15, -0.1) is 0 Å². The molecule has 0 spiro atoms. The molecule has 15 heavy (non-hydrogen) atoms. The van der Waals surface area contributed by atoms with E-state index in [1.165, 1.54) is 11.1 Å². The fourth-order valence-electron chi connectivity index (χ4n) is 1.82. The molecule has 2 heteroatoms. The molecule has 0 amide bonds. The maximum Gasteiger partial charge on any atom is 0.114 e. The molecule has 2 aromatic rings. The van der Waals surface area contributed by atoms with E-state index in [9.17, 15) is 0 Å². The van der Waals surface area contributed by atoms with E-state index in [1.54, 1.807) is 12.4 Å². The molecule has 0 N–H and O–H groups in total. The van der Waals surface area contributed by atoms with E-state index in [-0.39, 0.29) is 12.2 Å². The normalized spacial score (nSPS) is 23.7. The van der Waals surface area contributed by atoms with Crippen LogP contribution >= 0.6 is 0 Å². The van der Waals surface area contributed by atoms with Gasteiger partial charge >= 0.3 is 0 Å². The first-order chi connectivity index (χ1) is 7.45. The van der Waals surface area contributed by atoms with E-state index in [2.05, 4.69) is 17.1 Å². The van der Waals surface area contributed by atoms with Gasteiger partial charge in [0, 0.05) is 12.4 Å². The molecule has 2 nitrogen and oxygen atoms in total. The largest absolute Gasteiger partial charge is 0.359 e. The maximum atomic E-state index is 5.66. The van der Waals surface area contributed by atoms with Crippen LogP contribution in [-0.2, 0) is 4.74 Å². The van der Waals surface area contributed by atoms with Crippen molar-refractivity contribution >= 4 is 0 Å². The van der Waals surface area contributed by atoms with E-state index in [0.717, 1.165) is 0 Å². The molecule has 0 unspecified atom stereocenters. The molecule has 2 atom stereocenters. The van der Waals surface area contributed by atoms with Crippen molar-refractivity contribution in [2.75, 3.05) is 0 Å². The lowest BCUT2D eigenvalue weighted by Gasteiger charge is -1.95. The molecule has 0 radical (unpaired) electrons. The van der Waals surface area contributed by atoms with Gasteiger partial charge in [-0.2, -0.15) is 0 Å². The lowest BCUT2D eigenvalue weighted by molar-refractivity contribution is 0.377. The third-order valence-corrected chi connectivity index (χ3v) is 2.65. The highest BCUT2D eigenvalue weighted by Gasteiger charge is 2.41. The Kier molecular flexibility index (Phi) is 2.00. The number of nitrogens with zero attached hydrogens (tertiary/aromatic N) is 1. The van der Waals surface area contributed by atoms with Crippen LogP contribution in [0.5, 0.6) is 0 Å². The molecular formula is C13H11NO.